The molecule has 5 heteroatoms. The second-order valence-electron chi connectivity index (χ2n) is 7.44. The zero-order chi connectivity index (χ0) is 19.0. The summed E-state index contributed by atoms with van der Waals surface area (Å²) in [6.07, 6.45) is 5.20. The molecular weight excluding hydrogens is 338 g/mol. The van der Waals surface area contributed by atoms with Gasteiger partial charge >= 0.3 is 0 Å². The SMILES string of the molecule is Cc1ccc(C(=O)Nc2cccc(NC(=O)[C@H]3[C@@H](N)[C@H]4C=C[C@@H]3C4)c2)cc1. The molecule has 0 radical (unpaired) electrons. The summed E-state index contributed by atoms with van der Waals surface area (Å²) in [7, 11) is 0. The van der Waals surface area contributed by atoms with Crippen LogP contribution in [-0.4, -0.2) is 17.9 Å². The molecular formula is C22H23N3O2. The molecule has 2 amide bonds. The van der Waals surface area contributed by atoms with Crippen molar-refractivity contribution < 1.29 is 9.59 Å². The quantitative estimate of drug-likeness (QED) is 0.730. The number of fused-ring (bicyclic) bond motifs is 2. The largest absolute Gasteiger partial charge is 0.326 e. The highest BCUT2D eigenvalue weighted by Gasteiger charge is 2.46. The van der Waals surface area contributed by atoms with Crippen LogP contribution in [0, 0.1) is 24.7 Å². The number of aryl methyl sites for hydroxylation is 1. The van der Waals surface area contributed by atoms with Crippen LogP contribution in [0.25, 0.3) is 0 Å². The van der Waals surface area contributed by atoms with Crippen LogP contribution >= 0.6 is 0 Å². The van der Waals surface area contributed by atoms with Gasteiger partial charge in [-0.3, -0.25) is 9.59 Å². The lowest BCUT2D eigenvalue weighted by molar-refractivity contribution is -0.120. The Balaban J connectivity index is 1.43. The Labute approximate surface area is 158 Å². The van der Waals surface area contributed by atoms with Gasteiger partial charge < -0.3 is 16.4 Å². The molecule has 4 rings (SSSR count). The van der Waals surface area contributed by atoms with E-state index in [0.29, 0.717) is 22.9 Å². The van der Waals surface area contributed by atoms with E-state index in [9.17, 15) is 9.59 Å². The van der Waals surface area contributed by atoms with Crippen molar-refractivity contribution in [2.45, 2.75) is 19.4 Å². The van der Waals surface area contributed by atoms with Gasteiger partial charge in [-0.1, -0.05) is 35.9 Å². The zero-order valence-electron chi connectivity index (χ0n) is 15.2. The molecule has 138 valence electrons. The molecule has 2 aliphatic rings. The number of benzene rings is 2. The van der Waals surface area contributed by atoms with Crippen LogP contribution in [0.15, 0.2) is 60.7 Å². The van der Waals surface area contributed by atoms with Gasteiger partial charge in [0.05, 0.1) is 5.92 Å². The Bertz CT molecular complexity index is 904. The number of nitrogens with one attached hydrogen (secondary N) is 2. The lowest BCUT2D eigenvalue weighted by Gasteiger charge is -2.23. The van der Waals surface area contributed by atoms with E-state index in [1.54, 1.807) is 30.3 Å². The van der Waals surface area contributed by atoms with Crippen molar-refractivity contribution in [1.82, 2.24) is 0 Å². The van der Waals surface area contributed by atoms with Crippen LogP contribution in [0.1, 0.15) is 22.3 Å². The summed E-state index contributed by atoms with van der Waals surface area (Å²) in [6.45, 7) is 1.98. The van der Waals surface area contributed by atoms with Crippen LogP contribution in [-0.2, 0) is 4.79 Å². The Morgan fingerprint density at radius 1 is 0.963 bits per heavy atom. The molecule has 0 heterocycles. The normalized spacial score (nSPS) is 25.4. The fraction of sp³-hybridized carbons (Fsp3) is 0.273. The Morgan fingerprint density at radius 2 is 1.63 bits per heavy atom. The molecule has 2 aromatic rings. The fourth-order valence-electron chi connectivity index (χ4n) is 4.04. The molecule has 0 spiro atoms. The first-order valence-electron chi connectivity index (χ1n) is 9.24. The zero-order valence-corrected chi connectivity index (χ0v) is 15.2. The maximum absolute atomic E-state index is 12.7. The highest BCUT2D eigenvalue weighted by Crippen LogP contribution is 2.43. The van der Waals surface area contributed by atoms with Gasteiger partial charge in [-0.2, -0.15) is 0 Å². The maximum atomic E-state index is 12.7. The average Bonchev–Trinajstić information content (AvgIpc) is 3.23. The third kappa shape index (κ3) is 3.51. The molecule has 1 fully saturated rings. The van der Waals surface area contributed by atoms with E-state index in [2.05, 4.69) is 22.8 Å². The van der Waals surface area contributed by atoms with Crippen molar-refractivity contribution in [3.05, 3.63) is 71.8 Å². The first-order valence-corrected chi connectivity index (χ1v) is 9.24. The summed E-state index contributed by atoms with van der Waals surface area (Å²) in [5.41, 5.74) is 9.20. The van der Waals surface area contributed by atoms with Crippen LogP contribution in [0.2, 0.25) is 0 Å². The molecule has 0 unspecified atom stereocenters. The van der Waals surface area contributed by atoms with Crippen LogP contribution in [0.4, 0.5) is 11.4 Å². The number of nitrogens with two attached hydrogens (primary N) is 1. The minimum Gasteiger partial charge on any atom is -0.326 e. The summed E-state index contributed by atoms with van der Waals surface area (Å²) in [5.74, 6) is 0.117. The highest BCUT2D eigenvalue weighted by molar-refractivity contribution is 6.04. The molecule has 2 aromatic carbocycles. The smallest absolute Gasteiger partial charge is 0.255 e. The number of hydrogen-bond donors (Lipinski definition) is 3. The topological polar surface area (TPSA) is 84.2 Å². The van der Waals surface area contributed by atoms with Crippen molar-refractivity contribution in [2.24, 2.45) is 23.5 Å². The Morgan fingerprint density at radius 3 is 2.30 bits per heavy atom. The van der Waals surface area contributed by atoms with Crippen LogP contribution in [0.3, 0.4) is 0 Å². The van der Waals surface area contributed by atoms with Crippen LogP contribution in [0.5, 0.6) is 0 Å². The minimum absolute atomic E-state index is 0.0543. The van der Waals surface area contributed by atoms with Gasteiger partial charge in [0.15, 0.2) is 0 Å². The summed E-state index contributed by atoms with van der Waals surface area (Å²) >= 11 is 0. The number of carbonyl (C=O) groups is 2. The second-order valence-corrected chi connectivity index (χ2v) is 7.44. The highest BCUT2D eigenvalue weighted by atomic mass is 16.2. The van der Waals surface area contributed by atoms with E-state index in [0.717, 1.165) is 12.0 Å². The number of allylic oxidation sites excluding steroid dienone is 1. The van der Waals surface area contributed by atoms with Crippen molar-refractivity contribution in [2.75, 3.05) is 10.6 Å². The van der Waals surface area contributed by atoms with E-state index in [1.165, 1.54) is 0 Å². The van der Waals surface area contributed by atoms with E-state index < -0.39 is 0 Å². The monoisotopic (exact) mass is 361 g/mol. The van der Waals surface area contributed by atoms with E-state index in [4.69, 9.17) is 5.73 Å². The summed E-state index contributed by atoms with van der Waals surface area (Å²) in [4.78, 5) is 25.1. The molecule has 0 aromatic heterocycles. The molecule has 4 atom stereocenters. The molecule has 2 aliphatic carbocycles. The lowest BCUT2D eigenvalue weighted by atomic mass is 9.88. The van der Waals surface area contributed by atoms with Gasteiger partial charge in [0.2, 0.25) is 5.91 Å². The molecule has 0 aliphatic heterocycles. The molecule has 5 nitrogen and oxygen atoms in total. The third-order valence-electron chi connectivity index (χ3n) is 5.52. The summed E-state index contributed by atoms with van der Waals surface area (Å²) in [5, 5.41) is 5.83. The van der Waals surface area contributed by atoms with E-state index >= 15 is 0 Å². The predicted molar refractivity (Wildman–Crippen MR) is 106 cm³/mol. The first-order chi connectivity index (χ1) is 13.0. The van der Waals surface area contributed by atoms with Gasteiger partial charge in [-0.05, 0) is 55.5 Å². The number of hydrogen-bond acceptors (Lipinski definition) is 3. The predicted octanol–water partition coefficient (Wildman–Crippen LogP) is 3.34. The minimum atomic E-state index is -0.189. The molecule has 0 saturated heterocycles. The summed E-state index contributed by atoms with van der Waals surface area (Å²) in [6, 6.07) is 14.4. The van der Waals surface area contributed by atoms with Crippen LogP contribution < -0.4 is 16.4 Å². The second kappa shape index (κ2) is 7.00. The van der Waals surface area contributed by atoms with Gasteiger partial charge in [0.25, 0.3) is 5.91 Å². The van der Waals surface area contributed by atoms with Crippen molar-refractivity contribution in [1.29, 1.82) is 0 Å². The number of rotatable bonds is 4. The molecule has 27 heavy (non-hydrogen) atoms. The molecule has 2 bridgehead atoms. The average molecular weight is 361 g/mol. The third-order valence-corrected chi connectivity index (χ3v) is 5.52. The maximum Gasteiger partial charge on any atom is 0.255 e. The number of amides is 2. The van der Waals surface area contributed by atoms with Gasteiger partial charge in [0, 0.05) is 23.0 Å². The van der Waals surface area contributed by atoms with E-state index in [-0.39, 0.29) is 29.7 Å². The summed E-state index contributed by atoms with van der Waals surface area (Å²) < 4.78 is 0. The van der Waals surface area contributed by atoms with Crippen molar-refractivity contribution in [3.63, 3.8) is 0 Å². The first kappa shape index (κ1) is 17.5. The number of anilines is 2. The van der Waals surface area contributed by atoms with E-state index in [1.807, 2.05) is 25.1 Å². The lowest BCUT2D eigenvalue weighted by Crippen LogP contribution is -2.41. The van der Waals surface area contributed by atoms with Gasteiger partial charge in [-0.25, -0.2) is 0 Å². The van der Waals surface area contributed by atoms with Gasteiger partial charge in [-0.15, -0.1) is 0 Å². The van der Waals surface area contributed by atoms with Crippen molar-refractivity contribution >= 4 is 23.2 Å². The molecule has 4 N–H and O–H groups in total. The standard InChI is InChI=1S/C22H23N3O2/c1-13-5-7-14(8-6-13)21(26)24-17-3-2-4-18(12-17)25-22(27)19-15-9-10-16(11-15)20(19)23/h2-10,12,15-16,19-20H,11,23H2,1H3,(H,24,26)(H,25,27)/t15-,16+,19-,20+/m1/s1. The Hall–Kier alpha value is -2.92. The number of carbonyl (C=O) groups excluding carboxylic acids is 2. The Kier molecular flexibility index (Phi) is 4.54. The molecule has 1 saturated carbocycles. The van der Waals surface area contributed by atoms with Crippen molar-refractivity contribution in [3.8, 4) is 0 Å². The van der Waals surface area contributed by atoms with Gasteiger partial charge in [0.1, 0.15) is 0 Å². The fourth-order valence-corrected chi connectivity index (χ4v) is 4.04.